The zero-order chi connectivity index (χ0) is 13.0. The summed E-state index contributed by atoms with van der Waals surface area (Å²) in [5.41, 5.74) is 8.69. The highest BCUT2D eigenvalue weighted by molar-refractivity contribution is 9.10. The highest BCUT2D eigenvalue weighted by atomic mass is 79.9. The minimum atomic E-state index is 0.0158. The first kappa shape index (κ1) is 13.3. The van der Waals surface area contributed by atoms with Crippen molar-refractivity contribution in [1.29, 1.82) is 0 Å². The summed E-state index contributed by atoms with van der Waals surface area (Å²) < 4.78 is 2.96. The second-order valence-electron chi connectivity index (χ2n) is 4.32. The van der Waals surface area contributed by atoms with Crippen LogP contribution >= 0.6 is 15.9 Å². The fraction of sp³-hybridized carbons (Fsp3) is 0.357. The van der Waals surface area contributed by atoms with Crippen molar-refractivity contribution >= 4 is 15.9 Å². The number of aryl methyl sites for hydroxylation is 2. The highest BCUT2D eigenvalue weighted by Crippen LogP contribution is 2.24. The van der Waals surface area contributed by atoms with Gasteiger partial charge in [-0.1, -0.05) is 30.3 Å². The SMILES string of the molecule is CCn1ncc(Br)c1C(N)CCc1ccccc1. The zero-order valence-electron chi connectivity index (χ0n) is 10.5. The molecule has 0 fully saturated rings. The third-order valence-corrected chi connectivity index (χ3v) is 3.68. The van der Waals surface area contributed by atoms with Crippen molar-refractivity contribution in [3.8, 4) is 0 Å². The number of nitrogens with two attached hydrogens (primary N) is 1. The van der Waals surface area contributed by atoms with E-state index in [0.717, 1.165) is 29.6 Å². The molecule has 0 aliphatic rings. The largest absolute Gasteiger partial charge is 0.323 e. The van der Waals surface area contributed by atoms with Crippen LogP contribution in [0.4, 0.5) is 0 Å². The second-order valence-corrected chi connectivity index (χ2v) is 5.18. The van der Waals surface area contributed by atoms with Crippen LogP contribution in [0.3, 0.4) is 0 Å². The fourth-order valence-corrected chi connectivity index (χ4v) is 2.69. The third-order valence-electron chi connectivity index (χ3n) is 3.07. The summed E-state index contributed by atoms with van der Waals surface area (Å²) >= 11 is 3.52. The zero-order valence-corrected chi connectivity index (χ0v) is 12.1. The molecule has 0 saturated carbocycles. The van der Waals surface area contributed by atoms with Gasteiger partial charge in [0.25, 0.3) is 0 Å². The maximum atomic E-state index is 6.27. The van der Waals surface area contributed by atoms with E-state index < -0.39 is 0 Å². The van der Waals surface area contributed by atoms with Gasteiger partial charge in [0.05, 0.1) is 16.4 Å². The summed E-state index contributed by atoms with van der Waals surface area (Å²) in [7, 11) is 0. The molecule has 3 nitrogen and oxygen atoms in total. The topological polar surface area (TPSA) is 43.8 Å². The molecular formula is C14H18BrN3. The summed E-state index contributed by atoms with van der Waals surface area (Å²) in [4.78, 5) is 0. The lowest BCUT2D eigenvalue weighted by atomic mass is 10.0. The predicted molar refractivity (Wildman–Crippen MR) is 77.3 cm³/mol. The molecule has 0 bridgehead atoms. The molecule has 1 unspecified atom stereocenters. The van der Waals surface area contributed by atoms with Gasteiger partial charge in [0, 0.05) is 12.6 Å². The van der Waals surface area contributed by atoms with Crippen LogP contribution in [0.5, 0.6) is 0 Å². The lowest BCUT2D eigenvalue weighted by Gasteiger charge is -2.14. The average molecular weight is 308 g/mol. The van der Waals surface area contributed by atoms with Gasteiger partial charge in [0.1, 0.15) is 0 Å². The molecule has 2 aromatic rings. The van der Waals surface area contributed by atoms with E-state index in [1.165, 1.54) is 5.56 Å². The Hall–Kier alpha value is -1.13. The number of nitrogens with zero attached hydrogens (tertiary/aromatic N) is 2. The van der Waals surface area contributed by atoms with Crippen LogP contribution in [0.15, 0.2) is 41.0 Å². The number of hydrogen-bond donors (Lipinski definition) is 1. The first-order valence-electron chi connectivity index (χ1n) is 6.23. The Morgan fingerprint density at radius 3 is 2.72 bits per heavy atom. The summed E-state index contributed by atoms with van der Waals surface area (Å²) in [6, 6.07) is 10.5. The van der Waals surface area contributed by atoms with Gasteiger partial charge in [-0.05, 0) is 41.3 Å². The quantitative estimate of drug-likeness (QED) is 0.921. The maximum absolute atomic E-state index is 6.27. The van der Waals surface area contributed by atoms with Crippen LogP contribution in [0.2, 0.25) is 0 Å². The summed E-state index contributed by atoms with van der Waals surface area (Å²) in [5.74, 6) is 0. The van der Waals surface area contributed by atoms with Gasteiger partial charge in [-0.25, -0.2) is 0 Å². The monoisotopic (exact) mass is 307 g/mol. The van der Waals surface area contributed by atoms with Crippen molar-refractivity contribution in [3.63, 3.8) is 0 Å². The van der Waals surface area contributed by atoms with Crippen molar-refractivity contribution in [1.82, 2.24) is 9.78 Å². The number of hydrogen-bond acceptors (Lipinski definition) is 2. The van der Waals surface area contributed by atoms with Crippen LogP contribution in [-0.4, -0.2) is 9.78 Å². The summed E-state index contributed by atoms with van der Waals surface area (Å²) in [6.45, 7) is 2.92. The lowest BCUT2D eigenvalue weighted by molar-refractivity contribution is 0.545. The van der Waals surface area contributed by atoms with Crippen molar-refractivity contribution in [3.05, 3.63) is 52.3 Å². The van der Waals surface area contributed by atoms with Gasteiger partial charge in [0.15, 0.2) is 0 Å². The van der Waals surface area contributed by atoms with Gasteiger partial charge in [0.2, 0.25) is 0 Å². The average Bonchev–Trinajstić information content (AvgIpc) is 2.78. The first-order valence-corrected chi connectivity index (χ1v) is 7.02. The van der Waals surface area contributed by atoms with E-state index >= 15 is 0 Å². The van der Waals surface area contributed by atoms with Gasteiger partial charge in [-0.3, -0.25) is 4.68 Å². The van der Waals surface area contributed by atoms with Crippen LogP contribution in [-0.2, 0) is 13.0 Å². The van der Waals surface area contributed by atoms with E-state index in [1.54, 1.807) is 0 Å². The number of halogens is 1. The molecule has 1 atom stereocenters. The van der Waals surface area contributed by atoms with E-state index in [1.807, 2.05) is 16.9 Å². The molecule has 96 valence electrons. The Balaban J connectivity index is 2.03. The number of benzene rings is 1. The normalized spacial score (nSPS) is 12.6. The molecule has 18 heavy (non-hydrogen) atoms. The molecule has 2 rings (SSSR count). The number of rotatable bonds is 5. The molecular weight excluding hydrogens is 290 g/mol. The highest BCUT2D eigenvalue weighted by Gasteiger charge is 2.15. The molecule has 0 radical (unpaired) electrons. The molecule has 0 amide bonds. The van der Waals surface area contributed by atoms with Crippen molar-refractivity contribution in [2.45, 2.75) is 32.4 Å². The molecule has 1 heterocycles. The molecule has 0 spiro atoms. The van der Waals surface area contributed by atoms with E-state index in [2.05, 4.69) is 52.2 Å². The predicted octanol–water partition coefficient (Wildman–Crippen LogP) is 3.30. The van der Waals surface area contributed by atoms with Crippen molar-refractivity contribution in [2.75, 3.05) is 0 Å². The van der Waals surface area contributed by atoms with Crippen LogP contribution in [0, 0.1) is 0 Å². The minimum absolute atomic E-state index is 0.0158. The standard InChI is InChI=1S/C14H18BrN3/c1-2-18-14(12(15)10-17-18)13(16)9-8-11-6-4-3-5-7-11/h3-7,10,13H,2,8-9,16H2,1H3. The Labute approximate surface area is 116 Å². The molecule has 0 saturated heterocycles. The smallest absolute Gasteiger partial charge is 0.0693 e. The van der Waals surface area contributed by atoms with E-state index in [9.17, 15) is 0 Å². The molecule has 0 aliphatic heterocycles. The third kappa shape index (κ3) is 3.00. The van der Waals surface area contributed by atoms with Crippen LogP contribution in [0.25, 0.3) is 0 Å². The van der Waals surface area contributed by atoms with Gasteiger partial charge >= 0.3 is 0 Å². The molecule has 2 N–H and O–H groups in total. The minimum Gasteiger partial charge on any atom is -0.323 e. The molecule has 1 aromatic heterocycles. The molecule has 1 aromatic carbocycles. The van der Waals surface area contributed by atoms with Gasteiger partial charge in [-0.15, -0.1) is 0 Å². The van der Waals surface area contributed by atoms with Crippen molar-refractivity contribution in [2.24, 2.45) is 5.73 Å². The van der Waals surface area contributed by atoms with Crippen LogP contribution in [0.1, 0.15) is 30.6 Å². The van der Waals surface area contributed by atoms with E-state index in [4.69, 9.17) is 5.73 Å². The Kier molecular flexibility index (Phi) is 4.55. The lowest BCUT2D eigenvalue weighted by Crippen LogP contribution is -2.17. The van der Waals surface area contributed by atoms with E-state index in [0.29, 0.717) is 0 Å². The van der Waals surface area contributed by atoms with E-state index in [-0.39, 0.29) is 6.04 Å². The van der Waals surface area contributed by atoms with Crippen LogP contribution < -0.4 is 5.73 Å². The summed E-state index contributed by atoms with van der Waals surface area (Å²) in [5, 5.41) is 4.30. The molecule has 4 heteroatoms. The second kappa shape index (κ2) is 6.16. The fourth-order valence-electron chi connectivity index (χ4n) is 2.10. The Morgan fingerprint density at radius 1 is 1.33 bits per heavy atom. The van der Waals surface area contributed by atoms with Gasteiger partial charge in [-0.2, -0.15) is 5.10 Å². The summed E-state index contributed by atoms with van der Waals surface area (Å²) in [6.07, 6.45) is 3.73. The Bertz CT molecular complexity index is 493. The maximum Gasteiger partial charge on any atom is 0.0693 e. The first-order chi connectivity index (χ1) is 8.72. The van der Waals surface area contributed by atoms with Crippen molar-refractivity contribution < 1.29 is 0 Å². The Morgan fingerprint density at radius 2 is 2.06 bits per heavy atom. The molecule has 0 aliphatic carbocycles. The van der Waals surface area contributed by atoms with Gasteiger partial charge < -0.3 is 5.73 Å². The number of aromatic nitrogens is 2.